The van der Waals surface area contributed by atoms with Crippen molar-refractivity contribution in [1.29, 1.82) is 0 Å². The predicted molar refractivity (Wildman–Crippen MR) is 53.8 cm³/mol. The van der Waals surface area contributed by atoms with Crippen molar-refractivity contribution in [2.75, 3.05) is 7.05 Å². The van der Waals surface area contributed by atoms with Crippen LogP contribution in [0.25, 0.3) is 0 Å². The molecule has 0 saturated carbocycles. The van der Waals surface area contributed by atoms with Crippen molar-refractivity contribution in [1.82, 2.24) is 0 Å². The van der Waals surface area contributed by atoms with Crippen molar-refractivity contribution < 1.29 is 0 Å². The van der Waals surface area contributed by atoms with Crippen LogP contribution in [-0.2, 0) is 0 Å². The van der Waals surface area contributed by atoms with Gasteiger partial charge in [0.05, 0.1) is 0 Å². The summed E-state index contributed by atoms with van der Waals surface area (Å²) in [5.41, 5.74) is 12.5. The summed E-state index contributed by atoms with van der Waals surface area (Å²) < 4.78 is 0. The average molecular weight is 165 g/mol. The Kier molecular flexibility index (Phi) is 4.53. The van der Waals surface area contributed by atoms with Crippen LogP contribution >= 0.6 is 0 Å². The van der Waals surface area contributed by atoms with E-state index >= 15 is 0 Å². The van der Waals surface area contributed by atoms with E-state index in [2.05, 4.69) is 11.6 Å². The summed E-state index contributed by atoms with van der Waals surface area (Å²) >= 11 is 0. The van der Waals surface area contributed by atoms with Crippen LogP contribution in [0.1, 0.15) is 6.92 Å². The zero-order chi connectivity index (χ0) is 9.56. The lowest BCUT2D eigenvalue weighted by atomic mass is 10.1. The molecule has 4 N–H and O–H groups in total. The number of allylic oxidation sites excluding steroid dienone is 2. The van der Waals surface area contributed by atoms with Crippen LogP contribution < -0.4 is 11.5 Å². The summed E-state index contributed by atoms with van der Waals surface area (Å²) in [7, 11) is 1.62. The lowest BCUT2D eigenvalue weighted by Crippen LogP contribution is -2.17. The highest BCUT2D eigenvalue weighted by Gasteiger charge is 2.00. The van der Waals surface area contributed by atoms with Gasteiger partial charge in [-0.2, -0.15) is 0 Å². The molecule has 0 rings (SSSR count). The van der Waals surface area contributed by atoms with Crippen molar-refractivity contribution >= 4 is 5.84 Å². The quantitative estimate of drug-likeness (QED) is 0.371. The third kappa shape index (κ3) is 2.62. The number of nitrogens with zero attached hydrogens (tertiary/aromatic N) is 1. The fourth-order valence-electron chi connectivity index (χ4n) is 0.727. The minimum atomic E-state index is 0.422. The Balaban J connectivity index is 5.04. The maximum absolute atomic E-state index is 5.63. The minimum absolute atomic E-state index is 0.422. The molecule has 0 spiro atoms. The number of hydrogen-bond donors (Lipinski definition) is 2. The van der Waals surface area contributed by atoms with Gasteiger partial charge in [0.2, 0.25) is 0 Å². The lowest BCUT2D eigenvalue weighted by Gasteiger charge is -2.02. The van der Waals surface area contributed by atoms with Gasteiger partial charge in [0.15, 0.2) is 0 Å². The standard InChI is InChI=1S/C9H15N3/c1-4-6-7(8(10)5-2)9(11)12-3/h4-6H,2,10H2,1,3H3,(H2,11,12)/b6-4-,8-7-. The van der Waals surface area contributed by atoms with Gasteiger partial charge in [0, 0.05) is 18.3 Å². The van der Waals surface area contributed by atoms with Gasteiger partial charge in [-0.05, 0) is 13.0 Å². The first kappa shape index (κ1) is 10.5. The molecule has 12 heavy (non-hydrogen) atoms. The van der Waals surface area contributed by atoms with E-state index in [1.165, 1.54) is 0 Å². The topological polar surface area (TPSA) is 64.4 Å². The van der Waals surface area contributed by atoms with Gasteiger partial charge in [-0.3, -0.25) is 4.99 Å². The molecular weight excluding hydrogens is 150 g/mol. The molecule has 3 nitrogen and oxygen atoms in total. The molecule has 0 heterocycles. The third-order valence-electron chi connectivity index (χ3n) is 1.38. The van der Waals surface area contributed by atoms with Gasteiger partial charge in [0.25, 0.3) is 0 Å². The van der Waals surface area contributed by atoms with Crippen LogP contribution in [0.2, 0.25) is 0 Å². The van der Waals surface area contributed by atoms with E-state index in [0.29, 0.717) is 11.5 Å². The smallest absolute Gasteiger partial charge is 0.127 e. The van der Waals surface area contributed by atoms with E-state index in [0.717, 1.165) is 5.57 Å². The number of hydrogen-bond acceptors (Lipinski definition) is 2. The highest BCUT2D eigenvalue weighted by molar-refractivity contribution is 6.00. The van der Waals surface area contributed by atoms with Crippen LogP contribution in [0.3, 0.4) is 0 Å². The molecule has 0 bridgehead atoms. The normalized spacial score (nSPS) is 14.7. The molecule has 0 unspecified atom stereocenters. The summed E-state index contributed by atoms with van der Waals surface area (Å²) in [5.74, 6) is 0.422. The summed E-state index contributed by atoms with van der Waals surface area (Å²) in [4.78, 5) is 3.83. The Hall–Kier alpha value is -1.51. The second-order valence-electron chi connectivity index (χ2n) is 2.18. The Morgan fingerprint density at radius 1 is 1.42 bits per heavy atom. The molecule has 66 valence electrons. The summed E-state index contributed by atoms with van der Waals surface area (Å²) in [6, 6.07) is 0. The van der Waals surface area contributed by atoms with Crippen molar-refractivity contribution in [2.45, 2.75) is 6.92 Å². The van der Waals surface area contributed by atoms with E-state index in [-0.39, 0.29) is 0 Å². The van der Waals surface area contributed by atoms with E-state index < -0.39 is 0 Å². The first-order valence-corrected chi connectivity index (χ1v) is 3.64. The Morgan fingerprint density at radius 3 is 2.33 bits per heavy atom. The highest BCUT2D eigenvalue weighted by Crippen LogP contribution is 2.02. The van der Waals surface area contributed by atoms with Gasteiger partial charge >= 0.3 is 0 Å². The van der Waals surface area contributed by atoms with Gasteiger partial charge < -0.3 is 11.5 Å². The minimum Gasteiger partial charge on any atom is -0.398 e. The highest BCUT2D eigenvalue weighted by atomic mass is 14.8. The Labute approximate surface area is 73.2 Å². The van der Waals surface area contributed by atoms with E-state index in [1.807, 2.05) is 13.0 Å². The largest absolute Gasteiger partial charge is 0.398 e. The number of amidine groups is 1. The molecule has 0 amide bonds. The monoisotopic (exact) mass is 165 g/mol. The van der Waals surface area contributed by atoms with Crippen LogP contribution in [0.5, 0.6) is 0 Å². The number of aliphatic imine (C=N–C) groups is 1. The molecule has 3 heteroatoms. The first-order valence-electron chi connectivity index (χ1n) is 3.64. The molecule has 0 aliphatic rings. The van der Waals surface area contributed by atoms with Gasteiger partial charge in [-0.1, -0.05) is 18.7 Å². The van der Waals surface area contributed by atoms with Crippen LogP contribution in [0, 0.1) is 0 Å². The van der Waals surface area contributed by atoms with E-state index in [9.17, 15) is 0 Å². The van der Waals surface area contributed by atoms with Crippen LogP contribution in [0.15, 0.2) is 41.1 Å². The van der Waals surface area contributed by atoms with Gasteiger partial charge in [0.1, 0.15) is 5.84 Å². The second kappa shape index (κ2) is 5.18. The van der Waals surface area contributed by atoms with Crippen LogP contribution in [-0.4, -0.2) is 12.9 Å². The molecule has 0 atom stereocenters. The maximum Gasteiger partial charge on any atom is 0.127 e. The number of nitrogens with two attached hydrogens (primary N) is 2. The van der Waals surface area contributed by atoms with Gasteiger partial charge in [-0.25, -0.2) is 0 Å². The fraction of sp³-hybridized carbons (Fsp3) is 0.222. The molecule has 0 aliphatic carbocycles. The Bertz CT molecular complexity index is 246. The average Bonchev–Trinajstić information content (AvgIpc) is 2.11. The SMILES string of the molecule is C=C/C(N)=C(\C=C/C)C(N)=NC. The Morgan fingerprint density at radius 2 is 2.00 bits per heavy atom. The van der Waals surface area contributed by atoms with Crippen molar-refractivity contribution in [3.8, 4) is 0 Å². The van der Waals surface area contributed by atoms with Crippen molar-refractivity contribution in [2.24, 2.45) is 16.5 Å². The molecule has 0 saturated heterocycles. The van der Waals surface area contributed by atoms with Crippen molar-refractivity contribution in [3.63, 3.8) is 0 Å². The van der Waals surface area contributed by atoms with E-state index in [4.69, 9.17) is 11.5 Å². The fourth-order valence-corrected chi connectivity index (χ4v) is 0.727. The molecule has 0 aromatic heterocycles. The lowest BCUT2D eigenvalue weighted by molar-refractivity contribution is 1.34. The summed E-state index contributed by atoms with van der Waals surface area (Å²) in [6.45, 7) is 5.44. The molecule has 0 aromatic rings. The predicted octanol–water partition coefficient (Wildman–Crippen LogP) is 0.948. The molecule has 0 fully saturated rings. The zero-order valence-electron chi connectivity index (χ0n) is 7.54. The molecule has 0 aromatic carbocycles. The molecular formula is C9H15N3. The summed E-state index contributed by atoms with van der Waals surface area (Å²) in [5, 5.41) is 0. The van der Waals surface area contributed by atoms with Gasteiger partial charge in [-0.15, -0.1) is 0 Å². The second-order valence-corrected chi connectivity index (χ2v) is 2.18. The molecule has 0 radical (unpaired) electrons. The van der Waals surface area contributed by atoms with Crippen molar-refractivity contribution in [3.05, 3.63) is 36.1 Å². The van der Waals surface area contributed by atoms with Crippen LogP contribution in [0.4, 0.5) is 0 Å². The first-order chi connectivity index (χ1) is 5.67. The molecule has 0 aliphatic heterocycles. The maximum atomic E-state index is 5.63. The third-order valence-corrected chi connectivity index (χ3v) is 1.38. The zero-order valence-corrected chi connectivity index (χ0v) is 7.54. The van der Waals surface area contributed by atoms with E-state index in [1.54, 1.807) is 19.2 Å². The number of rotatable bonds is 3. The summed E-state index contributed by atoms with van der Waals surface area (Å²) in [6.07, 6.45) is 5.20.